The second-order valence-electron chi connectivity index (χ2n) is 4.71. The van der Waals surface area contributed by atoms with Gasteiger partial charge in [-0.1, -0.05) is 34.2 Å². The van der Waals surface area contributed by atoms with E-state index < -0.39 is 0 Å². The summed E-state index contributed by atoms with van der Waals surface area (Å²) < 4.78 is 5.35. The van der Waals surface area contributed by atoms with E-state index in [1.165, 1.54) is 11.3 Å². The van der Waals surface area contributed by atoms with Crippen molar-refractivity contribution in [1.82, 2.24) is 15.1 Å². The van der Waals surface area contributed by atoms with Gasteiger partial charge in [-0.15, -0.1) is 0 Å². The quantitative estimate of drug-likeness (QED) is 0.781. The molecule has 0 amide bonds. The lowest BCUT2D eigenvalue weighted by molar-refractivity contribution is 0.433. The molecule has 0 aliphatic carbocycles. The molecule has 0 aliphatic rings. The third-order valence-electron chi connectivity index (χ3n) is 3.07. The van der Waals surface area contributed by atoms with E-state index in [2.05, 4.69) is 33.3 Å². The fourth-order valence-electron chi connectivity index (χ4n) is 2.02. The first kappa shape index (κ1) is 12.8. The molecule has 20 heavy (non-hydrogen) atoms. The van der Waals surface area contributed by atoms with E-state index in [9.17, 15) is 0 Å². The van der Waals surface area contributed by atoms with Crippen molar-refractivity contribution in [2.45, 2.75) is 20.8 Å². The van der Waals surface area contributed by atoms with E-state index in [-0.39, 0.29) is 0 Å². The first-order valence-electron chi connectivity index (χ1n) is 6.19. The van der Waals surface area contributed by atoms with Crippen molar-refractivity contribution in [3.05, 3.63) is 35.0 Å². The van der Waals surface area contributed by atoms with Gasteiger partial charge in [0.2, 0.25) is 5.82 Å². The molecule has 5 nitrogen and oxygen atoms in total. The van der Waals surface area contributed by atoms with Crippen LogP contribution in [0.3, 0.4) is 0 Å². The monoisotopic (exact) mass is 286 g/mol. The van der Waals surface area contributed by atoms with E-state index in [1.54, 1.807) is 0 Å². The van der Waals surface area contributed by atoms with Crippen LogP contribution in [0.5, 0.6) is 0 Å². The Kier molecular flexibility index (Phi) is 3.02. The average Bonchev–Trinajstić information content (AvgIpc) is 2.99. The zero-order valence-corrected chi connectivity index (χ0v) is 12.3. The van der Waals surface area contributed by atoms with Gasteiger partial charge in [-0.25, -0.2) is 4.98 Å². The topological polar surface area (TPSA) is 77.8 Å². The predicted octanol–water partition coefficient (Wildman–Crippen LogP) is 3.37. The average molecular weight is 286 g/mol. The van der Waals surface area contributed by atoms with Crippen LogP contribution < -0.4 is 5.73 Å². The Balaban J connectivity index is 2.06. The van der Waals surface area contributed by atoms with E-state index in [1.807, 2.05) is 20.8 Å². The molecule has 0 fully saturated rings. The number of rotatable bonds is 2. The van der Waals surface area contributed by atoms with Gasteiger partial charge in [0.1, 0.15) is 4.88 Å². The number of nitrogens with zero attached hydrogens (tertiary/aromatic N) is 3. The Bertz CT molecular complexity index is 775. The van der Waals surface area contributed by atoms with Crippen LogP contribution >= 0.6 is 11.3 Å². The highest BCUT2D eigenvalue weighted by Crippen LogP contribution is 2.32. The second-order valence-corrected chi connectivity index (χ2v) is 5.74. The highest BCUT2D eigenvalue weighted by atomic mass is 32.1. The first-order valence-corrected chi connectivity index (χ1v) is 7.01. The van der Waals surface area contributed by atoms with Gasteiger partial charge in [0, 0.05) is 5.56 Å². The van der Waals surface area contributed by atoms with Crippen LogP contribution in [0.4, 0.5) is 5.13 Å². The van der Waals surface area contributed by atoms with Crippen molar-refractivity contribution in [2.24, 2.45) is 0 Å². The minimum atomic E-state index is 0.465. The summed E-state index contributed by atoms with van der Waals surface area (Å²) in [6.07, 6.45) is 0. The van der Waals surface area contributed by atoms with Crippen molar-refractivity contribution < 1.29 is 4.52 Å². The summed E-state index contributed by atoms with van der Waals surface area (Å²) in [7, 11) is 0. The highest BCUT2D eigenvalue weighted by Gasteiger charge is 2.17. The molecule has 0 bridgehead atoms. The molecule has 0 spiro atoms. The predicted molar refractivity (Wildman–Crippen MR) is 79.5 cm³/mol. The maximum atomic E-state index is 5.70. The largest absolute Gasteiger partial charge is 0.375 e. The molecule has 6 heteroatoms. The van der Waals surface area contributed by atoms with Gasteiger partial charge >= 0.3 is 0 Å². The normalized spacial score (nSPS) is 10.9. The molecule has 0 saturated carbocycles. The highest BCUT2D eigenvalue weighted by molar-refractivity contribution is 7.18. The lowest BCUT2D eigenvalue weighted by Gasteiger charge is -2.01. The number of hydrogen-bond acceptors (Lipinski definition) is 6. The Hall–Kier alpha value is -2.21. The number of aryl methyl sites for hydroxylation is 3. The van der Waals surface area contributed by atoms with E-state index in [0.717, 1.165) is 27.3 Å². The summed E-state index contributed by atoms with van der Waals surface area (Å²) >= 11 is 1.35. The molecule has 0 unspecified atom stereocenters. The summed E-state index contributed by atoms with van der Waals surface area (Å²) in [4.78, 5) is 9.46. The Labute approximate surface area is 120 Å². The molecule has 0 saturated heterocycles. The van der Waals surface area contributed by atoms with Crippen molar-refractivity contribution in [3.63, 3.8) is 0 Å². The number of nitrogens with two attached hydrogens (primary N) is 1. The molecule has 2 heterocycles. The van der Waals surface area contributed by atoms with Crippen LogP contribution in [0.2, 0.25) is 0 Å². The fourth-order valence-corrected chi connectivity index (χ4v) is 2.77. The summed E-state index contributed by atoms with van der Waals surface area (Å²) in [5.74, 6) is 1.06. The van der Waals surface area contributed by atoms with Gasteiger partial charge in [-0.3, -0.25) is 0 Å². The SMILES string of the molecule is Cc1ccc(C)c(-c2noc(-c3sc(N)nc3C)n2)c1. The van der Waals surface area contributed by atoms with Crippen LogP contribution in [-0.4, -0.2) is 15.1 Å². The zero-order chi connectivity index (χ0) is 14.3. The fraction of sp³-hybridized carbons (Fsp3) is 0.214. The number of nitrogen functional groups attached to an aromatic ring is 1. The molecule has 3 aromatic rings. The van der Waals surface area contributed by atoms with Crippen LogP contribution in [0.1, 0.15) is 16.8 Å². The van der Waals surface area contributed by atoms with Crippen LogP contribution in [-0.2, 0) is 0 Å². The van der Waals surface area contributed by atoms with Crippen LogP contribution in [0, 0.1) is 20.8 Å². The standard InChI is InChI=1S/C14H14N4OS/c1-7-4-5-8(2)10(6-7)12-17-13(19-18-12)11-9(3)16-14(15)20-11/h4-6H,1-3H3,(H2,15,16). The maximum absolute atomic E-state index is 5.70. The minimum Gasteiger partial charge on any atom is -0.375 e. The number of aromatic nitrogens is 3. The number of anilines is 1. The van der Waals surface area contributed by atoms with Gasteiger partial charge in [-0.2, -0.15) is 4.98 Å². The summed E-state index contributed by atoms with van der Waals surface area (Å²) in [5.41, 5.74) is 9.76. The van der Waals surface area contributed by atoms with Gasteiger partial charge in [-0.05, 0) is 32.4 Å². The van der Waals surface area contributed by atoms with Crippen LogP contribution in [0.25, 0.3) is 22.2 Å². The number of thiazole rings is 1. The van der Waals surface area contributed by atoms with Gasteiger partial charge in [0.05, 0.1) is 5.69 Å². The lowest BCUT2D eigenvalue weighted by Crippen LogP contribution is -1.87. The van der Waals surface area contributed by atoms with Crippen molar-refractivity contribution in [2.75, 3.05) is 5.73 Å². The molecule has 0 atom stereocenters. The Morgan fingerprint density at radius 3 is 2.65 bits per heavy atom. The number of hydrogen-bond donors (Lipinski definition) is 1. The third-order valence-corrected chi connectivity index (χ3v) is 4.04. The lowest BCUT2D eigenvalue weighted by atomic mass is 10.1. The molecule has 2 N–H and O–H groups in total. The van der Waals surface area contributed by atoms with Crippen molar-refractivity contribution in [3.8, 4) is 22.2 Å². The third kappa shape index (κ3) is 2.18. The first-order chi connectivity index (χ1) is 9.54. The van der Waals surface area contributed by atoms with E-state index in [4.69, 9.17) is 10.3 Å². The van der Waals surface area contributed by atoms with Gasteiger partial charge < -0.3 is 10.3 Å². The molecule has 2 aromatic heterocycles. The Morgan fingerprint density at radius 2 is 1.95 bits per heavy atom. The molecule has 1 aromatic carbocycles. The van der Waals surface area contributed by atoms with E-state index >= 15 is 0 Å². The summed E-state index contributed by atoms with van der Waals surface area (Å²) in [5, 5.41) is 4.57. The van der Waals surface area contributed by atoms with Gasteiger partial charge in [0.15, 0.2) is 5.13 Å². The zero-order valence-electron chi connectivity index (χ0n) is 11.5. The number of benzene rings is 1. The van der Waals surface area contributed by atoms with Gasteiger partial charge in [0.25, 0.3) is 5.89 Å². The molecule has 102 valence electrons. The maximum Gasteiger partial charge on any atom is 0.270 e. The minimum absolute atomic E-state index is 0.465. The van der Waals surface area contributed by atoms with E-state index in [0.29, 0.717) is 16.8 Å². The molecule has 3 rings (SSSR count). The molecule has 0 radical (unpaired) electrons. The second kappa shape index (κ2) is 4.72. The van der Waals surface area contributed by atoms with Crippen LogP contribution in [0.15, 0.2) is 22.7 Å². The summed E-state index contributed by atoms with van der Waals surface area (Å²) in [6, 6.07) is 6.17. The molecular weight excluding hydrogens is 272 g/mol. The van der Waals surface area contributed by atoms with Crippen molar-refractivity contribution in [1.29, 1.82) is 0 Å². The molecule has 0 aliphatic heterocycles. The van der Waals surface area contributed by atoms with Crippen molar-refractivity contribution >= 4 is 16.5 Å². The Morgan fingerprint density at radius 1 is 1.15 bits per heavy atom. The smallest absolute Gasteiger partial charge is 0.270 e. The summed E-state index contributed by atoms with van der Waals surface area (Å²) in [6.45, 7) is 5.95. The molecular formula is C14H14N4OS.